The number of anilines is 1. The molecule has 0 fully saturated rings. The first-order chi connectivity index (χ1) is 6.31. The zero-order valence-corrected chi connectivity index (χ0v) is 7.62. The fraction of sp³-hybridized carbons (Fsp3) is 0.182. The number of aromatic nitrogens is 1. The number of pyridine rings is 1. The molecule has 1 heterocycles. The van der Waals surface area contributed by atoms with E-state index in [9.17, 15) is 0 Å². The van der Waals surface area contributed by atoms with Gasteiger partial charge in [-0.15, -0.1) is 0 Å². The van der Waals surface area contributed by atoms with Crippen LogP contribution in [0, 0.1) is 0 Å². The number of hydrogen-bond acceptors (Lipinski definition) is 2. The van der Waals surface area contributed by atoms with Gasteiger partial charge in [-0.25, -0.2) is 0 Å². The number of benzene rings is 1. The maximum absolute atomic E-state index is 5.81. The molecule has 0 bridgehead atoms. The van der Waals surface area contributed by atoms with E-state index in [0.717, 1.165) is 28.7 Å². The summed E-state index contributed by atoms with van der Waals surface area (Å²) in [5.74, 6) is 0. The Bertz CT molecular complexity index is 435. The molecule has 0 amide bonds. The zero-order chi connectivity index (χ0) is 9.26. The van der Waals surface area contributed by atoms with Crippen LogP contribution in [-0.4, -0.2) is 4.98 Å². The number of hydrogen-bond donors (Lipinski definition) is 1. The molecule has 1 aromatic heterocycles. The van der Waals surface area contributed by atoms with E-state index < -0.39 is 0 Å². The van der Waals surface area contributed by atoms with Crippen LogP contribution in [0.1, 0.15) is 12.6 Å². The Morgan fingerprint density at radius 1 is 1.23 bits per heavy atom. The summed E-state index contributed by atoms with van der Waals surface area (Å²) in [7, 11) is 0. The number of nitrogen functional groups attached to an aromatic ring is 1. The molecule has 2 aromatic rings. The second kappa shape index (κ2) is 3.05. The van der Waals surface area contributed by atoms with Gasteiger partial charge in [0.1, 0.15) is 0 Å². The molecule has 1 aromatic carbocycles. The Kier molecular flexibility index (Phi) is 1.89. The van der Waals surface area contributed by atoms with Crippen molar-refractivity contribution in [3.63, 3.8) is 0 Å². The smallest absolute Gasteiger partial charge is 0.0725 e. The summed E-state index contributed by atoms with van der Waals surface area (Å²) < 4.78 is 0. The van der Waals surface area contributed by atoms with Gasteiger partial charge in [-0.05, 0) is 30.7 Å². The Morgan fingerprint density at radius 2 is 2.08 bits per heavy atom. The first-order valence-electron chi connectivity index (χ1n) is 4.45. The molecule has 2 nitrogen and oxygen atoms in total. The summed E-state index contributed by atoms with van der Waals surface area (Å²) in [4.78, 5) is 4.47. The van der Waals surface area contributed by atoms with Crippen LogP contribution in [0.15, 0.2) is 30.3 Å². The normalized spacial score (nSPS) is 10.5. The molecule has 13 heavy (non-hydrogen) atoms. The molecular formula is C11H12N2. The van der Waals surface area contributed by atoms with Crippen molar-refractivity contribution in [1.29, 1.82) is 0 Å². The third-order valence-electron chi connectivity index (χ3n) is 2.19. The van der Waals surface area contributed by atoms with Crippen molar-refractivity contribution in [3.8, 4) is 0 Å². The predicted molar refractivity (Wildman–Crippen MR) is 55.5 cm³/mol. The molecular weight excluding hydrogens is 160 g/mol. The highest BCUT2D eigenvalue weighted by molar-refractivity contribution is 5.90. The van der Waals surface area contributed by atoms with Crippen LogP contribution in [-0.2, 0) is 6.42 Å². The lowest BCUT2D eigenvalue weighted by molar-refractivity contribution is 1.06. The van der Waals surface area contributed by atoms with E-state index >= 15 is 0 Å². The predicted octanol–water partition coefficient (Wildman–Crippen LogP) is 2.38. The van der Waals surface area contributed by atoms with Crippen molar-refractivity contribution >= 4 is 16.6 Å². The number of aryl methyl sites for hydroxylation is 1. The maximum atomic E-state index is 5.81. The van der Waals surface area contributed by atoms with Crippen molar-refractivity contribution in [2.24, 2.45) is 0 Å². The largest absolute Gasteiger partial charge is 0.398 e. The molecule has 0 radical (unpaired) electrons. The third kappa shape index (κ3) is 1.35. The van der Waals surface area contributed by atoms with Gasteiger partial charge in [-0.3, -0.25) is 4.98 Å². The summed E-state index contributed by atoms with van der Waals surface area (Å²) in [5, 5.41) is 1.04. The van der Waals surface area contributed by atoms with E-state index in [4.69, 9.17) is 5.73 Å². The number of rotatable bonds is 1. The summed E-state index contributed by atoms with van der Waals surface area (Å²) >= 11 is 0. The summed E-state index contributed by atoms with van der Waals surface area (Å²) in [5.41, 5.74) is 8.70. The Morgan fingerprint density at radius 3 is 2.85 bits per heavy atom. The summed E-state index contributed by atoms with van der Waals surface area (Å²) in [6.07, 6.45) is 0.963. The molecule has 2 N–H and O–H groups in total. The van der Waals surface area contributed by atoms with Crippen LogP contribution in [0.5, 0.6) is 0 Å². The minimum absolute atomic E-state index is 0.799. The van der Waals surface area contributed by atoms with E-state index in [2.05, 4.69) is 11.9 Å². The molecule has 0 saturated carbocycles. The van der Waals surface area contributed by atoms with E-state index in [1.807, 2.05) is 30.3 Å². The SMILES string of the molecule is CCc1ccc2c(N)cccc2n1. The second-order valence-electron chi connectivity index (χ2n) is 3.07. The fourth-order valence-corrected chi connectivity index (χ4v) is 1.42. The van der Waals surface area contributed by atoms with Gasteiger partial charge in [0.25, 0.3) is 0 Å². The molecule has 0 aliphatic heterocycles. The highest BCUT2D eigenvalue weighted by Gasteiger charge is 1.98. The minimum atomic E-state index is 0.799. The summed E-state index contributed by atoms with van der Waals surface area (Å²) in [6.45, 7) is 2.10. The molecule has 0 saturated heterocycles. The molecule has 66 valence electrons. The van der Waals surface area contributed by atoms with Crippen LogP contribution in [0.2, 0.25) is 0 Å². The van der Waals surface area contributed by atoms with Crippen molar-refractivity contribution in [2.45, 2.75) is 13.3 Å². The minimum Gasteiger partial charge on any atom is -0.398 e. The Hall–Kier alpha value is -1.57. The van der Waals surface area contributed by atoms with Crippen molar-refractivity contribution in [1.82, 2.24) is 4.98 Å². The van der Waals surface area contributed by atoms with Gasteiger partial charge in [0.15, 0.2) is 0 Å². The topological polar surface area (TPSA) is 38.9 Å². The monoisotopic (exact) mass is 172 g/mol. The van der Waals surface area contributed by atoms with Crippen LogP contribution in [0.4, 0.5) is 5.69 Å². The average molecular weight is 172 g/mol. The quantitative estimate of drug-likeness (QED) is 0.671. The standard InChI is InChI=1S/C11H12N2/c1-2-8-6-7-9-10(12)4-3-5-11(9)13-8/h3-7H,2,12H2,1H3. The Balaban J connectivity index is 2.72. The lowest BCUT2D eigenvalue weighted by atomic mass is 10.1. The van der Waals surface area contributed by atoms with Gasteiger partial charge in [0.05, 0.1) is 5.52 Å². The number of nitrogens with zero attached hydrogens (tertiary/aromatic N) is 1. The van der Waals surface area contributed by atoms with Gasteiger partial charge < -0.3 is 5.73 Å². The molecule has 2 rings (SSSR count). The fourth-order valence-electron chi connectivity index (χ4n) is 1.42. The van der Waals surface area contributed by atoms with Crippen molar-refractivity contribution in [2.75, 3.05) is 5.73 Å². The van der Waals surface area contributed by atoms with Crippen LogP contribution < -0.4 is 5.73 Å². The lowest BCUT2D eigenvalue weighted by Gasteiger charge is -2.02. The maximum Gasteiger partial charge on any atom is 0.0725 e. The molecule has 0 aliphatic rings. The highest BCUT2D eigenvalue weighted by atomic mass is 14.7. The lowest BCUT2D eigenvalue weighted by Crippen LogP contribution is -1.91. The first kappa shape index (κ1) is 8.05. The van der Waals surface area contributed by atoms with E-state index in [1.54, 1.807) is 0 Å². The van der Waals surface area contributed by atoms with Gasteiger partial charge in [0, 0.05) is 16.8 Å². The highest BCUT2D eigenvalue weighted by Crippen LogP contribution is 2.19. The van der Waals surface area contributed by atoms with Crippen molar-refractivity contribution in [3.05, 3.63) is 36.0 Å². The van der Waals surface area contributed by atoms with Crippen molar-refractivity contribution < 1.29 is 0 Å². The average Bonchev–Trinajstić information content (AvgIpc) is 2.18. The number of fused-ring (bicyclic) bond motifs is 1. The van der Waals surface area contributed by atoms with Gasteiger partial charge in [0.2, 0.25) is 0 Å². The van der Waals surface area contributed by atoms with E-state index in [-0.39, 0.29) is 0 Å². The summed E-state index contributed by atoms with van der Waals surface area (Å²) in [6, 6.07) is 9.89. The van der Waals surface area contributed by atoms with Gasteiger partial charge >= 0.3 is 0 Å². The third-order valence-corrected chi connectivity index (χ3v) is 2.19. The molecule has 0 unspecified atom stereocenters. The first-order valence-corrected chi connectivity index (χ1v) is 4.45. The van der Waals surface area contributed by atoms with E-state index in [1.165, 1.54) is 0 Å². The van der Waals surface area contributed by atoms with Crippen LogP contribution in [0.3, 0.4) is 0 Å². The van der Waals surface area contributed by atoms with Crippen LogP contribution >= 0.6 is 0 Å². The Labute approximate surface area is 77.4 Å². The number of nitrogens with two attached hydrogens (primary N) is 1. The molecule has 2 heteroatoms. The molecule has 0 spiro atoms. The molecule has 0 atom stereocenters. The van der Waals surface area contributed by atoms with Gasteiger partial charge in [-0.1, -0.05) is 13.0 Å². The van der Waals surface area contributed by atoms with Crippen LogP contribution in [0.25, 0.3) is 10.9 Å². The molecule has 0 aliphatic carbocycles. The van der Waals surface area contributed by atoms with Gasteiger partial charge in [-0.2, -0.15) is 0 Å². The van der Waals surface area contributed by atoms with E-state index in [0.29, 0.717) is 0 Å². The zero-order valence-electron chi connectivity index (χ0n) is 7.62. The second-order valence-corrected chi connectivity index (χ2v) is 3.07.